The Labute approximate surface area is 120 Å². The Morgan fingerprint density at radius 1 is 1.47 bits per heavy atom. The average molecular weight is 307 g/mol. The van der Waals surface area contributed by atoms with Crippen LogP contribution in [0.4, 0.5) is 0 Å². The fourth-order valence-electron chi connectivity index (χ4n) is 2.29. The minimum absolute atomic E-state index is 0. The zero-order valence-corrected chi connectivity index (χ0v) is 12.6. The van der Waals surface area contributed by atoms with Crippen molar-refractivity contribution in [3.63, 3.8) is 0 Å². The van der Waals surface area contributed by atoms with Gasteiger partial charge in [-0.15, -0.1) is 12.4 Å². The number of fused-ring (bicyclic) bond motifs is 1. The number of nitrogens with one attached hydrogen (secondary N) is 1. The van der Waals surface area contributed by atoms with E-state index in [1.807, 2.05) is 0 Å². The van der Waals surface area contributed by atoms with Crippen LogP contribution in [-0.2, 0) is 23.1 Å². The molecule has 1 aromatic heterocycles. The quantitative estimate of drug-likeness (QED) is 0.833. The molecule has 7 heteroatoms. The minimum Gasteiger partial charge on any atom is -0.309 e. The van der Waals surface area contributed by atoms with Gasteiger partial charge < -0.3 is 5.32 Å². The maximum Gasteiger partial charge on any atom is 0.312 e. The van der Waals surface area contributed by atoms with Crippen LogP contribution in [0.25, 0.3) is 0 Å². The first-order valence-corrected chi connectivity index (χ1v) is 7.50. The van der Waals surface area contributed by atoms with E-state index in [0.29, 0.717) is 24.9 Å². The summed E-state index contributed by atoms with van der Waals surface area (Å²) in [6, 6.07) is 3.38. The van der Waals surface area contributed by atoms with Crippen molar-refractivity contribution in [2.45, 2.75) is 44.3 Å². The summed E-state index contributed by atoms with van der Waals surface area (Å²) in [5, 5.41) is 3.15. The van der Waals surface area contributed by atoms with Gasteiger partial charge in [0.1, 0.15) is 0 Å². The maximum atomic E-state index is 11.1. The van der Waals surface area contributed by atoms with E-state index in [2.05, 4.69) is 24.1 Å². The Morgan fingerprint density at radius 3 is 2.74 bits per heavy atom. The third kappa shape index (κ3) is 4.14. The van der Waals surface area contributed by atoms with Crippen molar-refractivity contribution in [2.75, 3.05) is 0 Å². The van der Waals surface area contributed by atoms with Crippen LogP contribution in [0.1, 0.15) is 31.5 Å². The normalized spacial score (nSPS) is 18.8. The molecule has 1 aliphatic rings. The second-order valence-electron chi connectivity index (χ2n) is 5.14. The molecule has 1 atom stereocenters. The highest BCUT2D eigenvalue weighted by Gasteiger charge is 2.22. The molecular formula is C12H19ClN2O3S. The van der Waals surface area contributed by atoms with Crippen LogP contribution in [-0.4, -0.2) is 24.0 Å². The van der Waals surface area contributed by atoms with Crippen LogP contribution < -0.4 is 5.32 Å². The van der Waals surface area contributed by atoms with Crippen LogP contribution in [0.3, 0.4) is 0 Å². The smallest absolute Gasteiger partial charge is 0.309 e. The number of hydrogen-bond acceptors (Lipinski definition) is 4. The monoisotopic (exact) mass is 306 g/mol. The van der Waals surface area contributed by atoms with Gasteiger partial charge in [-0.05, 0) is 24.0 Å². The molecule has 2 heterocycles. The lowest BCUT2D eigenvalue weighted by Gasteiger charge is -2.26. The van der Waals surface area contributed by atoms with Gasteiger partial charge >= 0.3 is 10.1 Å². The van der Waals surface area contributed by atoms with E-state index in [9.17, 15) is 8.42 Å². The third-order valence-electron chi connectivity index (χ3n) is 3.08. The average Bonchev–Trinajstić information content (AvgIpc) is 2.26. The van der Waals surface area contributed by atoms with Gasteiger partial charge in [-0.2, -0.15) is 8.42 Å². The van der Waals surface area contributed by atoms with E-state index < -0.39 is 10.1 Å². The SMILES string of the molecule is CC(C)CC1Cc2nc(S(=O)(=O)O)ccc2CN1.Cl. The number of nitrogens with zero attached hydrogens (tertiary/aromatic N) is 1. The fraction of sp³-hybridized carbons (Fsp3) is 0.583. The molecule has 0 bridgehead atoms. The van der Waals surface area contributed by atoms with Gasteiger partial charge in [0, 0.05) is 24.7 Å². The molecular weight excluding hydrogens is 288 g/mol. The van der Waals surface area contributed by atoms with Crippen molar-refractivity contribution in [3.05, 3.63) is 23.4 Å². The van der Waals surface area contributed by atoms with Crippen molar-refractivity contribution in [1.29, 1.82) is 0 Å². The van der Waals surface area contributed by atoms with Crippen molar-refractivity contribution in [3.8, 4) is 0 Å². The summed E-state index contributed by atoms with van der Waals surface area (Å²) in [7, 11) is -4.21. The Kier molecular flexibility index (Phi) is 5.32. The van der Waals surface area contributed by atoms with E-state index in [4.69, 9.17) is 4.55 Å². The highest BCUT2D eigenvalue weighted by Crippen LogP contribution is 2.20. The van der Waals surface area contributed by atoms with Crippen molar-refractivity contribution in [1.82, 2.24) is 10.3 Å². The molecule has 0 saturated heterocycles. The molecule has 2 rings (SSSR count). The molecule has 108 valence electrons. The summed E-state index contributed by atoms with van der Waals surface area (Å²) in [5.74, 6) is 0.578. The molecule has 1 aliphatic heterocycles. The van der Waals surface area contributed by atoms with Gasteiger partial charge in [0.05, 0.1) is 0 Å². The van der Waals surface area contributed by atoms with Crippen molar-refractivity contribution >= 4 is 22.5 Å². The Hall–Kier alpha value is -0.690. The summed E-state index contributed by atoms with van der Waals surface area (Å²) in [5.41, 5.74) is 1.77. The molecule has 0 fully saturated rings. The van der Waals surface area contributed by atoms with Gasteiger partial charge in [-0.25, -0.2) is 4.98 Å². The molecule has 0 aromatic carbocycles. The lowest BCUT2D eigenvalue weighted by molar-refractivity contribution is 0.392. The second kappa shape index (κ2) is 6.17. The molecule has 0 radical (unpaired) electrons. The van der Waals surface area contributed by atoms with Crippen LogP contribution in [0, 0.1) is 5.92 Å². The summed E-state index contributed by atoms with van der Waals surface area (Å²) in [6.07, 6.45) is 1.73. The standard InChI is InChI=1S/C12H18N2O3S.ClH/c1-8(2)5-10-6-11-9(7-13-10)3-4-12(14-11)18(15,16)17;/h3-4,8,10,13H,5-7H2,1-2H3,(H,15,16,17);1H. The number of hydrogen-bond donors (Lipinski definition) is 2. The molecule has 1 aromatic rings. The van der Waals surface area contributed by atoms with Crippen LogP contribution in [0.2, 0.25) is 0 Å². The number of aromatic nitrogens is 1. The van der Waals surface area contributed by atoms with E-state index in [1.165, 1.54) is 6.07 Å². The summed E-state index contributed by atoms with van der Waals surface area (Å²) >= 11 is 0. The van der Waals surface area contributed by atoms with Gasteiger partial charge in [-0.3, -0.25) is 4.55 Å². The van der Waals surface area contributed by atoms with Crippen LogP contribution >= 0.6 is 12.4 Å². The Balaban J connectivity index is 0.00000180. The molecule has 1 unspecified atom stereocenters. The van der Waals surface area contributed by atoms with Gasteiger partial charge in [-0.1, -0.05) is 19.9 Å². The molecule has 19 heavy (non-hydrogen) atoms. The molecule has 0 spiro atoms. The lowest BCUT2D eigenvalue weighted by Crippen LogP contribution is -2.37. The molecule has 0 saturated carbocycles. The maximum absolute atomic E-state index is 11.1. The highest BCUT2D eigenvalue weighted by molar-refractivity contribution is 7.85. The first kappa shape index (κ1) is 16.4. The predicted molar refractivity (Wildman–Crippen MR) is 75.1 cm³/mol. The molecule has 0 aliphatic carbocycles. The van der Waals surface area contributed by atoms with E-state index >= 15 is 0 Å². The largest absolute Gasteiger partial charge is 0.312 e. The van der Waals surface area contributed by atoms with E-state index in [0.717, 1.165) is 17.7 Å². The summed E-state index contributed by atoms with van der Waals surface area (Å²) in [4.78, 5) is 4.06. The lowest BCUT2D eigenvalue weighted by atomic mass is 9.94. The minimum atomic E-state index is -4.21. The fourth-order valence-corrected chi connectivity index (χ4v) is 2.75. The highest BCUT2D eigenvalue weighted by atomic mass is 35.5. The second-order valence-corrected chi connectivity index (χ2v) is 6.51. The van der Waals surface area contributed by atoms with Gasteiger partial charge in [0.25, 0.3) is 0 Å². The summed E-state index contributed by atoms with van der Waals surface area (Å²) < 4.78 is 31.1. The number of halogens is 1. The topological polar surface area (TPSA) is 79.3 Å². The first-order valence-electron chi connectivity index (χ1n) is 6.06. The zero-order chi connectivity index (χ0) is 13.3. The van der Waals surface area contributed by atoms with Crippen LogP contribution in [0.5, 0.6) is 0 Å². The van der Waals surface area contributed by atoms with Crippen LogP contribution in [0.15, 0.2) is 17.2 Å². The predicted octanol–water partition coefficient (Wildman–Crippen LogP) is 1.81. The van der Waals surface area contributed by atoms with Gasteiger partial charge in [0.2, 0.25) is 0 Å². The van der Waals surface area contributed by atoms with Gasteiger partial charge in [0.15, 0.2) is 5.03 Å². The van der Waals surface area contributed by atoms with E-state index in [1.54, 1.807) is 6.07 Å². The Bertz CT molecular complexity index is 546. The molecule has 5 nitrogen and oxygen atoms in total. The first-order chi connectivity index (χ1) is 8.36. The Morgan fingerprint density at radius 2 is 2.16 bits per heavy atom. The third-order valence-corrected chi connectivity index (χ3v) is 3.84. The number of rotatable bonds is 3. The molecule has 2 N–H and O–H groups in total. The van der Waals surface area contributed by atoms with Crippen molar-refractivity contribution < 1.29 is 13.0 Å². The molecule has 0 amide bonds. The zero-order valence-electron chi connectivity index (χ0n) is 11.0. The summed E-state index contributed by atoms with van der Waals surface area (Å²) in [6.45, 7) is 5.00. The van der Waals surface area contributed by atoms with Crippen molar-refractivity contribution in [2.24, 2.45) is 5.92 Å². The van der Waals surface area contributed by atoms with E-state index in [-0.39, 0.29) is 17.4 Å². The number of pyridine rings is 1.